The van der Waals surface area contributed by atoms with E-state index in [1.807, 2.05) is 36.4 Å². The highest BCUT2D eigenvalue weighted by molar-refractivity contribution is 7.07. The number of carbonyl (C=O) groups is 1. The number of fused-ring (bicyclic) bond motifs is 1. The van der Waals surface area contributed by atoms with Crippen LogP contribution in [0.2, 0.25) is 0 Å². The zero-order valence-corrected chi connectivity index (χ0v) is 25.3. The third kappa shape index (κ3) is 6.78. The number of esters is 1. The van der Waals surface area contributed by atoms with E-state index in [0.29, 0.717) is 50.2 Å². The molecule has 1 atom stereocenters. The van der Waals surface area contributed by atoms with E-state index in [4.69, 9.17) is 14.2 Å². The zero-order chi connectivity index (χ0) is 30.5. The molecule has 0 spiro atoms. The molecule has 0 N–H and O–H groups in total. The molecule has 0 saturated carbocycles. The fraction of sp³-hybridized carbons (Fsp3) is 0.265. The van der Waals surface area contributed by atoms with Crippen LogP contribution in [0.1, 0.15) is 49.9 Å². The first-order chi connectivity index (χ1) is 20.7. The Labute approximate surface area is 253 Å². The quantitative estimate of drug-likeness (QED) is 0.223. The number of benzene rings is 3. The van der Waals surface area contributed by atoms with Gasteiger partial charge in [0.2, 0.25) is 0 Å². The van der Waals surface area contributed by atoms with Gasteiger partial charge in [0.25, 0.3) is 5.56 Å². The van der Waals surface area contributed by atoms with Crippen LogP contribution in [0.5, 0.6) is 11.5 Å². The van der Waals surface area contributed by atoms with Crippen LogP contribution in [-0.2, 0) is 16.1 Å². The minimum Gasteiger partial charge on any atom is -0.493 e. The molecule has 0 saturated heterocycles. The van der Waals surface area contributed by atoms with Gasteiger partial charge in [-0.2, -0.15) is 0 Å². The van der Waals surface area contributed by atoms with Gasteiger partial charge in [-0.1, -0.05) is 73.7 Å². The molecule has 0 bridgehead atoms. The Morgan fingerprint density at radius 2 is 1.81 bits per heavy atom. The van der Waals surface area contributed by atoms with Crippen LogP contribution in [0.3, 0.4) is 0 Å². The lowest BCUT2D eigenvalue weighted by atomic mass is 9.95. The number of ether oxygens (including phenoxy) is 3. The Kier molecular flexibility index (Phi) is 9.21. The van der Waals surface area contributed by atoms with Crippen molar-refractivity contribution >= 4 is 23.4 Å². The highest BCUT2D eigenvalue weighted by atomic mass is 32.1. The lowest BCUT2D eigenvalue weighted by Crippen LogP contribution is -2.39. The number of halogens is 1. The first-order valence-electron chi connectivity index (χ1n) is 14.0. The molecule has 0 radical (unpaired) electrons. The summed E-state index contributed by atoms with van der Waals surface area (Å²) in [7, 11) is 1.55. The highest BCUT2D eigenvalue weighted by Crippen LogP contribution is 2.36. The van der Waals surface area contributed by atoms with Gasteiger partial charge in [-0.05, 0) is 66.3 Å². The third-order valence-electron chi connectivity index (χ3n) is 7.08. The maximum absolute atomic E-state index is 13.9. The third-order valence-corrected chi connectivity index (χ3v) is 8.06. The summed E-state index contributed by atoms with van der Waals surface area (Å²) >= 11 is 1.21. The molecular formula is C34H33FN2O5S. The summed E-state index contributed by atoms with van der Waals surface area (Å²) in [6, 6.07) is 19.9. The van der Waals surface area contributed by atoms with E-state index >= 15 is 0 Å². The number of nitrogens with zero attached hydrogens (tertiary/aromatic N) is 2. The lowest BCUT2D eigenvalue weighted by molar-refractivity contribution is -0.140. The SMILES string of the molecule is COc1cc(C2C(C(=O)OCc3ccccc3)=C(C)N=c3s/c(=C\c4ccc(F)cc4)c(=O)n32)ccc1OCCC(C)C. The summed E-state index contributed by atoms with van der Waals surface area (Å²) in [6.07, 6.45) is 2.58. The van der Waals surface area contributed by atoms with E-state index < -0.39 is 12.0 Å². The van der Waals surface area contributed by atoms with Crippen molar-refractivity contribution in [3.05, 3.63) is 126 Å². The van der Waals surface area contributed by atoms with Gasteiger partial charge in [-0.25, -0.2) is 14.2 Å². The van der Waals surface area contributed by atoms with Gasteiger partial charge in [-0.3, -0.25) is 9.36 Å². The summed E-state index contributed by atoms with van der Waals surface area (Å²) < 4.78 is 32.8. The van der Waals surface area contributed by atoms with Crippen molar-refractivity contribution < 1.29 is 23.4 Å². The molecule has 4 aromatic rings. The van der Waals surface area contributed by atoms with Gasteiger partial charge in [-0.15, -0.1) is 0 Å². The average molecular weight is 601 g/mol. The Morgan fingerprint density at radius 1 is 1.07 bits per heavy atom. The summed E-state index contributed by atoms with van der Waals surface area (Å²) in [4.78, 5) is 32.7. The number of methoxy groups -OCH3 is 1. The predicted molar refractivity (Wildman–Crippen MR) is 164 cm³/mol. The van der Waals surface area contributed by atoms with Gasteiger partial charge >= 0.3 is 5.97 Å². The summed E-state index contributed by atoms with van der Waals surface area (Å²) in [5, 5.41) is 0. The Morgan fingerprint density at radius 3 is 2.51 bits per heavy atom. The molecule has 5 rings (SSSR count). The molecule has 222 valence electrons. The van der Waals surface area contributed by atoms with Crippen LogP contribution < -0.4 is 24.4 Å². The van der Waals surface area contributed by atoms with E-state index in [9.17, 15) is 14.0 Å². The second kappa shape index (κ2) is 13.2. The number of thiazole rings is 1. The van der Waals surface area contributed by atoms with Gasteiger partial charge in [0.1, 0.15) is 12.4 Å². The minimum atomic E-state index is -0.825. The molecule has 9 heteroatoms. The van der Waals surface area contributed by atoms with Crippen molar-refractivity contribution in [2.24, 2.45) is 10.9 Å². The molecule has 0 aliphatic carbocycles. The summed E-state index contributed by atoms with van der Waals surface area (Å²) in [5.41, 5.74) is 2.54. The van der Waals surface area contributed by atoms with Crippen LogP contribution in [0.4, 0.5) is 4.39 Å². The summed E-state index contributed by atoms with van der Waals surface area (Å²) in [5.74, 6) is 0.613. The molecule has 2 heterocycles. The van der Waals surface area contributed by atoms with Gasteiger partial charge in [0.15, 0.2) is 16.3 Å². The number of allylic oxidation sites excluding steroid dienone is 1. The topological polar surface area (TPSA) is 79.1 Å². The fourth-order valence-corrected chi connectivity index (χ4v) is 5.83. The van der Waals surface area contributed by atoms with E-state index in [-0.39, 0.29) is 23.6 Å². The predicted octanol–water partition coefficient (Wildman–Crippen LogP) is 5.55. The van der Waals surface area contributed by atoms with Crippen molar-refractivity contribution in [1.82, 2.24) is 4.57 Å². The molecule has 43 heavy (non-hydrogen) atoms. The standard InChI is InChI=1S/C34H33FN2O5S/c1-21(2)16-17-41-27-15-12-25(19-28(27)40-4)31-30(33(39)42-20-24-8-6-5-7-9-24)22(3)36-34-37(31)32(38)29(43-34)18-23-10-13-26(35)14-11-23/h5-15,18-19,21,31H,16-17,20H2,1-4H3/b29-18-. The average Bonchev–Trinajstić information content (AvgIpc) is 3.30. The van der Waals surface area contributed by atoms with Gasteiger partial charge in [0, 0.05) is 0 Å². The van der Waals surface area contributed by atoms with Crippen LogP contribution >= 0.6 is 11.3 Å². The van der Waals surface area contributed by atoms with Crippen molar-refractivity contribution in [3.8, 4) is 11.5 Å². The zero-order valence-electron chi connectivity index (χ0n) is 24.5. The van der Waals surface area contributed by atoms with Crippen molar-refractivity contribution in [2.75, 3.05) is 13.7 Å². The Balaban J connectivity index is 1.60. The maximum atomic E-state index is 13.9. The summed E-state index contributed by atoms with van der Waals surface area (Å²) in [6.45, 7) is 6.60. The van der Waals surface area contributed by atoms with Crippen molar-refractivity contribution in [1.29, 1.82) is 0 Å². The Hall–Kier alpha value is -4.50. The van der Waals surface area contributed by atoms with Crippen molar-refractivity contribution in [3.63, 3.8) is 0 Å². The number of carbonyl (C=O) groups excluding carboxylic acids is 1. The van der Waals surface area contributed by atoms with E-state index in [1.165, 1.54) is 28.0 Å². The lowest BCUT2D eigenvalue weighted by Gasteiger charge is -2.25. The number of rotatable bonds is 10. The highest BCUT2D eigenvalue weighted by Gasteiger charge is 2.34. The second-order valence-electron chi connectivity index (χ2n) is 10.6. The van der Waals surface area contributed by atoms with E-state index in [1.54, 1.807) is 44.4 Å². The molecule has 1 aliphatic rings. The van der Waals surface area contributed by atoms with Crippen LogP contribution in [0, 0.1) is 11.7 Å². The van der Waals surface area contributed by atoms with Crippen LogP contribution in [-0.4, -0.2) is 24.3 Å². The van der Waals surface area contributed by atoms with E-state index in [0.717, 1.165) is 12.0 Å². The van der Waals surface area contributed by atoms with Crippen LogP contribution in [0.25, 0.3) is 6.08 Å². The monoisotopic (exact) mass is 600 g/mol. The molecule has 7 nitrogen and oxygen atoms in total. The second-order valence-corrected chi connectivity index (χ2v) is 11.6. The molecule has 0 amide bonds. The number of hydrogen-bond donors (Lipinski definition) is 0. The fourth-order valence-electron chi connectivity index (χ4n) is 4.79. The first-order valence-corrected chi connectivity index (χ1v) is 14.9. The largest absolute Gasteiger partial charge is 0.493 e. The molecule has 1 aromatic heterocycles. The van der Waals surface area contributed by atoms with Gasteiger partial charge < -0.3 is 14.2 Å². The van der Waals surface area contributed by atoms with Crippen molar-refractivity contribution in [2.45, 2.75) is 39.8 Å². The van der Waals surface area contributed by atoms with E-state index in [2.05, 4.69) is 18.8 Å². The molecule has 3 aromatic carbocycles. The molecule has 0 fully saturated rings. The normalized spacial score (nSPS) is 14.8. The first kappa shape index (κ1) is 30.0. The molecule has 1 aliphatic heterocycles. The molecular weight excluding hydrogens is 567 g/mol. The maximum Gasteiger partial charge on any atom is 0.338 e. The number of aromatic nitrogens is 1. The van der Waals surface area contributed by atoms with Crippen LogP contribution in [0.15, 0.2) is 93.9 Å². The smallest absolute Gasteiger partial charge is 0.338 e. The Bertz CT molecular complexity index is 1830. The van der Waals surface area contributed by atoms with Gasteiger partial charge in [0.05, 0.1) is 35.6 Å². The minimum absolute atomic E-state index is 0.0735. The number of hydrogen-bond acceptors (Lipinski definition) is 7. The molecule has 1 unspecified atom stereocenters.